The third-order valence-corrected chi connectivity index (χ3v) is 6.23. The smallest absolute Gasteiger partial charge is 0.294 e. The first-order valence-electron chi connectivity index (χ1n) is 7.72. The lowest BCUT2D eigenvalue weighted by Gasteiger charge is -2.55. The Morgan fingerprint density at radius 3 is 2.35 bits per heavy atom. The summed E-state index contributed by atoms with van der Waals surface area (Å²) in [7, 11) is 0. The predicted molar refractivity (Wildman–Crippen MR) is 79.2 cm³/mol. The van der Waals surface area contributed by atoms with E-state index in [4.69, 9.17) is 4.74 Å². The molecule has 4 fully saturated rings. The molecule has 20 heavy (non-hydrogen) atoms. The number of ether oxygens (including phenoxy) is 1. The van der Waals surface area contributed by atoms with Gasteiger partial charge in [0.2, 0.25) is 0 Å². The van der Waals surface area contributed by atoms with Crippen LogP contribution in [0.15, 0.2) is 0 Å². The summed E-state index contributed by atoms with van der Waals surface area (Å²) in [6.45, 7) is 10.3. The zero-order valence-electron chi connectivity index (χ0n) is 12.5. The fraction of sp³-hybridized carbons (Fsp3) is 0.867. The fourth-order valence-electron chi connectivity index (χ4n) is 4.23. The molecule has 3 aliphatic heterocycles. The van der Waals surface area contributed by atoms with Gasteiger partial charge in [-0.3, -0.25) is 0 Å². The minimum absolute atomic E-state index is 0.0645. The van der Waals surface area contributed by atoms with Crippen molar-refractivity contribution in [1.82, 2.24) is 15.1 Å². The Morgan fingerprint density at radius 1 is 1.10 bits per heavy atom. The van der Waals surface area contributed by atoms with Gasteiger partial charge in [-0.05, 0) is 18.8 Å². The van der Waals surface area contributed by atoms with Crippen molar-refractivity contribution >= 4 is 11.3 Å². The molecular formula is C15H23N3OS. The van der Waals surface area contributed by atoms with Gasteiger partial charge in [-0.25, -0.2) is 0 Å². The maximum Gasteiger partial charge on any atom is 0.294 e. The maximum absolute atomic E-state index is 6.29. The van der Waals surface area contributed by atoms with Crippen LogP contribution in [0.1, 0.15) is 38.6 Å². The summed E-state index contributed by atoms with van der Waals surface area (Å²) in [4.78, 5) is 2.63. The van der Waals surface area contributed by atoms with Crippen LogP contribution in [0.3, 0.4) is 0 Å². The van der Waals surface area contributed by atoms with Gasteiger partial charge in [-0.2, -0.15) is 0 Å². The molecule has 2 atom stereocenters. The minimum Gasteiger partial charge on any atom is -0.465 e. The highest BCUT2D eigenvalue weighted by atomic mass is 32.1. The van der Waals surface area contributed by atoms with E-state index in [1.54, 1.807) is 11.3 Å². The summed E-state index contributed by atoms with van der Waals surface area (Å²) in [5.74, 6) is 2.35. The monoisotopic (exact) mass is 293 g/mol. The van der Waals surface area contributed by atoms with Gasteiger partial charge >= 0.3 is 0 Å². The van der Waals surface area contributed by atoms with Crippen molar-refractivity contribution in [3.05, 3.63) is 5.01 Å². The zero-order chi connectivity index (χ0) is 13.9. The van der Waals surface area contributed by atoms with Crippen molar-refractivity contribution in [2.45, 2.75) is 45.1 Å². The Morgan fingerprint density at radius 2 is 1.80 bits per heavy atom. The van der Waals surface area contributed by atoms with Crippen LogP contribution >= 0.6 is 11.3 Å². The molecule has 5 heteroatoms. The molecule has 1 aliphatic carbocycles. The highest BCUT2D eigenvalue weighted by Crippen LogP contribution is 2.45. The van der Waals surface area contributed by atoms with Gasteiger partial charge in [0.1, 0.15) is 11.1 Å². The SMILES string of the molecule is CC(C)(C)c1nnc(OC2[C@H]3CC4C[C@H]2CN(C4)C3)s1. The highest BCUT2D eigenvalue weighted by molar-refractivity contribution is 7.13. The summed E-state index contributed by atoms with van der Waals surface area (Å²) >= 11 is 1.63. The highest BCUT2D eigenvalue weighted by Gasteiger charge is 2.49. The van der Waals surface area contributed by atoms with Crippen molar-refractivity contribution in [2.75, 3.05) is 19.6 Å². The van der Waals surface area contributed by atoms with Crippen LogP contribution in [0.25, 0.3) is 0 Å². The molecule has 4 nitrogen and oxygen atoms in total. The molecule has 0 amide bonds. The van der Waals surface area contributed by atoms with Crippen molar-refractivity contribution in [3.8, 4) is 5.19 Å². The van der Waals surface area contributed by atoms with Crippen LogP contribution in [0, 0.1) is 17.8 Å². The number of nitrogens with zero attached hydrogens (tertiary/aromatic N) is 3. The summed E-state index contributed by atoms with van der Waals surface area (Å²) in [5, 5.41) is 10.4. The van der Waals surface area contributed by atoms with Crippen molar-refractivity contribution in [1.29, 1.82) is 0 Å². The van der Waals surface area contributed by atoms with E-state index in [2.05, 4.69) is 35.9 Å². The van der Waals surface area contributed by atoms with Gasteiger partial charge in [-0.15, -0.1) is 10.2 Å². The number of hydrogen-bond donors (Lipinski definition) is 0. The van der Waals surface area contributed by atoms with E-state index in [0.29, 0.717) is 17.9 Å². The van der Waals surface area contributed by atoms with E-state index >= 15 is 0 Å². The first-order chi connectivity index (χ1) is 9.49. The lowest BCUT2D eigenvalue weighted by atomic mass is 9.66. The molecule has 1 aromatic rings. The Balaban J connectivity index is 1.50. The van der Waals surface area contributed by atoms with Crippen LogP contribution in [0.5, 0.6) is 5.19 Å². The Labute approximate surface area is 124 Å². The number of hydrogen-bond acceptors (Lipinski definition) is 5. The number of rotatable bonds is 2. The third-order valence-electron chi connectivity index (χ3n) is 4.99. The Bertz CT molecular complexity index is 479. The Kier molecular flexibility index (Phi) is 2.87. The average molecular weight is 293 g/mol. The predicted octanol–water partition coefficient (Wildman–Crippen LogP) is 2.55. The van der Waals surface area contributed by atoms with E-state index in [-0.39, 0.29) is 5.41 Å². The molecule has 1 aromatic heterocycles. The second kappa shape index (κ2) is 4.41. The van der Waals surface area contributed by atoms with Crippen molar-refractivity contribution in [2.24, 2.45) is 17.8 Å². The molecule has 4 bridgehead atoms. The lowest BCUT2D eigenvalue weighted by molar-refractivity contribution is -0.0986. The molecule has 5 rings (SSSR count). The van der Waals surface area contributed by atoms with Gasteiger partial charge in [-0.1, -0.05) is 32.1 Å². The van der Waals surface area contributed by atoms with Crippen LogP contribution < -0.4 is 4.74 Å². The van der Waals surface area contributed by atoms with Crippen molar-refractivity contribution in [3.63, 3.8) is 0 Å². The second-order valence-corrected chi connectivity index (χ2v) is 8.72. The van der Waals surface area contributed by atoms with E-state index in [9.17, 15) is 0 Å². The standard InChI is InChI=1S/C15H23N3OS/c1-15(2,3)13-16-17-14(20-13)19-12-10-4-9-5-11(12)8-18(6-9)7-10/h9-12H,4-8H2,1-3H3/t9?,10-,11-,12?/m0/s1. The maximum atomic E-state index is 6.29. The largest absolute Gasteiger partial charge is 0.465 e. The summed E-state index contributed by atoms with van der Waals surface area (Å²) in [6.07, 6.45) is 3.08. The van der Waals surface area contributed by atoms with Crippen LogP contribution in [-0.4, -0.2) is 40.8 Å². The molecule has 0 N–H and O–H groups in total. The van der Waals surface area contributed by atoms with E-state index in [1.165, 1.54) is 32.5 Å². The summed E-state index contributed by atoms with van der Waals surface area (Å²) < 4.78 is 6.29. The van der Waals surface area contributed by atoms with Gasteiger partial charge in [0.15, 0.2) is 0 Å². The molecule has 0 spiro atoms. The molecule has 0 radical (unpaired) electrons. The first-order valence-corrected chi connectivity index (χ1v) is 8.53. The second-order valence-electron chi connectivity index (χ2n) is 7.78. The van der Waals surface area contributed by atoms with Crippen LogP contribution in [-0.2, 0) is 5.41 Å². The summed E-state index contributed by atoms with van der Waals surface area (Å²) in [5.41, 5.74) is 0.0645. The number of piperidine rings is 3. The minimum atomic E-state index is 0.0645. The zero-order valence-corrected chi connectivity index (χ0v) is 13.3. The molecular weight excluding hydrogens is 270 g/mol. The normalized spacial score (nSPS) is 39.2. The molecule has 0 unspecified atom stereocenters. The van der Waals surface area contributed by atoms with E-state index < -0.39 is 0 Å². The lowest BCUT2D eigenvalue weighted by Crippen LogP contribution is -2.61. The Hall–Kier alpha value is -0.680. The summed E-state index contributed by atoms with van der Waals surface area (Å²) in [6, 6.07) is 0. The molecule has 3 saturated heterocycles. The van der Waals surface area contributed by atoms with Gasteiger partial charge in [0.05, 0.1) is 0 Å². The molecule has 0 aromatic carbocycles. The first kappa shape index (κ1) is 13.0. The topological polar surface area (TPSA) is 38.3 Å². The molecule has 4 heterocycles. The van der Waals surface area contributed by atoms with Crippen molar-refractivity contribution < 1.29 is 4.74 Å². The molecule has 4 aliphatic rings. The van der Waals surface area contributed by atoms with Gasteiger partial charge in [0, 0.05) is 36.9 Å². The molecule has 1 saturated carbocycles. The average Bonchev–Trinajstić information content (AvgIpc) is 2.81. The van der Waals surface area contributed by atoms with E-state index in [1.807, 2.05) is 0 Å². The quantitative estimate of drug-likeness (QED) is 0.840. The van der Waals surface area contributed by atoms with E-state index in [0.717, 1.165) is 16.1 Å². The molecule has 110 valence electrons. The fourth-order valence-corrected chi connectivity index (χ4v) is 5.03. The van der Waals surface area contributed by atoms with Gasteiger partial charge in [0.25, 0.3) is 5.19 Å². The van der Waals surface area contributed by atoms with Crippen LogP contribution in [0.4, 0.5) is 0 Å². The number of aromatic nitrogens is 2. The van der Waals surface area contributed by atoms with Gasteiger partial charge < -0.3 is 9.64 Å². The third kappa shape index (κ3) is 2.15. The van der Waals surface area contributed by atoms with Crippen LogP contribution in [0.2, 0.25) is 0 Å².